The Labute approximate surface area is 203 Å². The van der Waals surface area contributed by atoms with Crippen LogP contribution in [0.15, 0.2) is 12.2 Å². The van der Waals surface area contributed by atoms with Crippen LogP contribution in [0, 0.1) is 58.2 Å². The lowest BCUT2D eigenvalue weighted by Crippen LogP contribution is -2.60. The molecular weight excluding hydrogens is 408 g/mol. The van der Waals surface area contributed by atoms with E-state index in [4.69, 9.17) is 9.47 Å². The maximum absolute atomic E-state index is 11.6. The monoisotopic (exact) mass is 458 g/mol. The van der Waals surface area contributed by atoms with Crippen LogP contribution in [0.2, 0.25) is 0 Å². The van der Waals surface area contributed by atoms with Crippen molar-refractivity contribution in [1.29, 1.82) is 0 Å². The molecule has 1 saturated heterocycles. The molecule has 0 aromatic carbocycles. The molecule has 0 aromatic rings. The molecule has 4 saturated carbocycles. The third kappa shape index (κ3) is 3.87. The molecule has 0 radical (unpaired) electrons. The molecule has 1 N–H and O–H groups in total. The van der Waals surface area contributed by atoms with Crippen LogP contribution in [0.1, 0.15) is 92.9 Å². The molecule has 1 heterocycles. The van der Waals surface area contributed by atoms with Gasteiger partial charge in [0.15, 0.2) is 5.79 Å². The number of hydrogen-bond acceptors (Lipinski definition) is 3. The van der Waals surface area contributed by atoms with Crippen LogP contribution < -0.4 is 0 Å². The first-order valence-electron chi connectivity index (χ1n) is 14.2. The summed E-state index contributed by atoms with van der Waals surface area (Å²) in [5.41, 5.74) is 0.714. The highest BCUT2D eigenvalue weighted by molar-refractivity contribution is 5.13. The highest BCUT2D eigenvalue weighted by Gasteiger charge is 2.64. The molecule has 5 fully saturated rings. The van der Waals surface area contributed by atoms with Crippen molar-refractivity contribution in [3.63, 3.8) is 0 Å². The van der Waals surface area contributed by atoms with Gasteiger partial charge in [-0.05, 0) is 96.7 Å². The summed E-state index contributed by atoms with van der Waals surface area (Å²) in [4.78, 5) is 0. The van der Waals surface area contributed by atoms with Gasteiger partial charge in [-0.1, -0.05) is 53.7 Å². The van der Waals surface area contributed by atoms with Gasteiger partial charge >= 0.3 is 0 Å². The van der Waals surface area contributed by atoms with Crippen LogP contribution >= 0.6 is 0 Å². The van der Waals surface area contributed by atoms with Crippen molar-refractivity contribution < 1.29 is 14.6 Å². The molecule has 0 aromatic heterocycles. The predicted octanol–water partition coefficient (Wildman–Crippen LogP) is 6.84. The summed E-state index contributed by atoms with van der Waals surface area (Å²) in [5, 5.41) is 11.6. The topological polar surface area (TPSA) is 38.7 Å². The Bertz CT molecular complexity index is 739. The second-order valence-electron chi connectivity index (χ2n) is 13.7. The quantitative estimate of drug-likeness (QED) is 0.469. The Kier molecular flexibility index (Phi) is 6.36. The van der Waals surface area contributed by atoms with Crippen molar-refractivity contribution >= 4 is 0 Å². The Balaban J connectivity index is 1.34. The van der Waals surface area contributed by atoms with Gasteiger partial charge in [0.05, 0.1) is 19.3 Å². The maximum Gasteiger partial charge on any atom is 0.168 e. The molecule has 0 amide bonds. The number of fused-ring (bicyclic) bond motifs is 5. The average Bonchev–Trinajstić information content (AvgIpc) is 3.37. The van der Waals surface area contributed by atoms with Crippen molar-refractivity contribution in [2.24, 2.45) is 58.2 Å². The zero-order valence-corrected chi connectivity index (χ0v) is 22.2. The van der Waals surface area contributed by atoms with Gasteiger partial charge in [0.1, 0.15) is 0 Å². The third-order valence-electron chi connectivity index (χ3n) is 12.0. The standard InChI is InChI=1S/C30H50O3/c1-19(2)20(3)7-8-21(4)23-9-10-24-27-25(11-12-29(23,24)6)28(5)13-14-30(32-15-16-33-30)18-22(28)17-26(27)31/h7-8,19-27,31H,9-18H2,1-6H3/b8-7+/t20?,21-,22+,23?,24?,25?,26-,27?,28?,29?/m1/s1. The molecule has 7 unspecified atom stereocenters. The SMILES string of the molecule is CC(C)C(C)/C=C/[C@@H](C)C1CCC2C3C(CCC21C)C1(C)CCC2(C[C@@H]1C[C@H]3O)OCCO2. The van der Waals surface area contributed by atoms with E-state index in [1.54, 1.807) is 0 Å². The van der Waals surface area contributed by atoms with E-state index in [1.165, 1.54) is 32.1 Å². The summed E-state index contributed by atoms with van der Waals surface area (Å²) < 4.78 is 12.2. The van der Waals surface area contributed by atoms with Gasteiger partial charge in [0.25, 0.3) is 0 Å². The molecule has 3 heteroatoms. The lowest BCUT2D eigenvalue weighted by Gasteiger charge is -2.63. The normalized spacial score (nSPS) is 48.6. The second-order valence-corrected chi connectivity index (χ2v) is 13.7. The van der Waals surface area contributed by atoms with E-state index in [-0.39, 0.29) is 11.9 Å². The van der Waals surface area contributed by atoms with E-state index in [0.29, 0.717) is 52.3 Å². The van der Waals surface area contributed by atoms with Gasteiger partial charge in [0, 0.05) is 12.8 Å². The van der Waals surface area contributed by atoms with Crippen molar-refractivity contribution in [2.75, 3.05) is 13.2 Å². The Morgan fingerprint density at radius 2 is 1.55 bits per heavy atom. The molecule has 3 nitrogen and oxygen atoms in total. The number of allylic oxidation sites excluding steroid dienone is 2. The molecule has 10 atom stereocenters. The highest BCUT2D eigenvalue weighted by Crippen LogP contribution is 2.69. The number of aliphatic hydroxyl groups excluding tert-OH is 1. The lowest BCUT2D eigenvalue weighted by molar-refractivity contribution is -0.242. The van der Waals surface area contributed by atoms with Crippen LogP contribution in [0.5, 0.6) is 0 Å². The third-order valence-corrected chi connectivity index (χ3v) is 12.0. The van der Waals surface area contributed by atoms with Gasteiger partial charge in [-0.25, -0.2) is 0 Å². The fourth-order valence-electron chi connectivity index (χ4n) is 9.53. The number of hydrogen-bond donors (Lipinski definition) is 1. The van der Waals surface area contributed by atoms with Crippen LogP contribution in [-0.4, -0.2) is 30.2 Å². The summed E-state index contributed by atoms with van der Waals surface area (Å²) in [5.74, 6) is 4.76. The van der Waals surface area contributed by atoms with Gasteiger partial charge in [-0.2, -0.15) is 0 Å². The van der Waals surface area contributed by atoms with Crippen molar-refractivity contribution in [3.05, 3.63) is 12.2 Å². The van der Waals surface area contributed by atoms with Gasteiger partial charge in [-0.15, -0.1) is 0 Å². The summed E-state index contributed by atoms with van der Waals surface area (Å²) >= 11 is 0. The molecule has 4 aliphatic carbocycles. The molecule has 1 spiro atoms. The van der Waals surface area contributed by atoms with E-state index in [9.17, 15) is 5.11 Å². The fourth-order valence-corrected chi connectivity index (χ4v) is 9.53. The lowest BCUT2D eigenvalue weighted by atomic mass is 9.43. The Morgan fingerprint density at radius 3 is 2.24 bits per heavy atom. The molecule has 33 heavy (non-hydrogen) atoms. The first-order valence-corrected chi connectivity index (χ1v) is 14.2. The Morgan fingerprint density at radius 1 is 0.848 bits per heavy atom. The second kappa shape index (κ2) is 8.63. The van der Waals surface area contributed by atoms with Crippen molar-refractivity contribution in [2.45, 2.75) is 105 Å². The van der Waals surface area contributed by atoms with Gasteiger partial charge in [0.2, 0.25) is 0 Å². The highest BCUT2D eigenvalue weighted by atomic mass is 16.7. The van der Waals surface area contributed by atoms with Crippen LogP contribution in [-0.2, 0) is 9.47 Å². The predicted molar refractivity (Wildman–Crippen MR) is 134 cm³/mol. The molecular formula is C30H50O3. The average molecular weight is 459 g/mol. The largest absolute Gasteiger partial charge is 0.393 e. The molecule has 5 rings (SSSR count). The minimum absolute atomic E-state index is 0.153. The molecule has 188 valence electrons. The molecule has 1 aliphatic heterocycles. The minimum Gasteiger partial charge on any atom is -0.393 e. The van der Waals surface area contributed by atoms with Crippen LogP contribution in [0.4, 0.5) is 0 Å². The number of aliphatic hydroxyl groups is 1. The first-order chi connectivity index (χ1) is 15.6. The zero-order valence-electron chi connectivity index (χ0n) is 22.2. The summed E-state index contributed by atoms with van der Waals surface area (Å²) in [6.45, 7) is 16.1. The zero-order chi connectivity index (χ0) is 23.6. The van der Waals surface area contributed by atoms with Crippen LogP contribution in [0.25, 0.3) is 0 Å². The van der Waals surface area contributed by atoms with Crippen molar-refractivity contribution in [3.8, 4) is 0 Å². The van der Waals surface area contributed by atoms with E-state index in [2.05, 4.69) is 53.7 Å². The summed E-state index contributed by atoms with van der Waals surface area (Å²) in [6, 6.07) is 0. The van der Waals surface area contributed by atoms with Crippen LogP contribution in [0.3, 0.4) is 0 Å². The molecule has 5 aliphatic rings. The fraction of sp³-hybridized carbons (Fsp3) is 0.933. The molecule has 0 bridgehead atoms. The van der Waals surface area contributed by atoms with E-state index in [0.717, 1.165) is 38.4 Å². The minimum atomic E-state index is -0.340. The number of rotatable bonds is 4. The van der Waals surface area contributed by atoms with E-state index < -0.39 is 0 Å². The van der Waals surface area contributed by atoms with Crippen molar-refractivity contribution in [1.82, 2.24) is 0 Å². The summed E-state index contributed by atoms with van der Waals surface area (Å²) in [6.07, 6.45) is 14.3. The smallest absolute Gasteiger partial charge is 0.168 e. The maximum atomic E-state index is 11.6. The van der Waals surface area contributed by atoms with Gasteiger partial charge < -0.3 is 14.6 Å². The van der Waals surface area contributed by atoms with Gasteiger partial charge in [-0.3, -0.25) is 0 Å². The number of ether oxygens (including phenoxy) is 2. The Hall–Kier alpha value is -0.380. The van der Waals surface area contributed by atoms with E-state index in [1.807, 2.05) is 0 Å². The first kappa shape index (κ1) is 24.3. The van der Waals surface area contributed by atoms with E-state index >= 15 is 0 Å². The summed E-state index contributed by atoms with van der Waals surface area (Å²) in [7, 11) is 0.